The van der Waals surface area contributed by atoms with E-state index in [1.54, 1.807) is 19.3 Å². The molecule has 1 saturated heterocycles. The Morgan fingerprint density at radius 2 is 1.90 bits per heavy atom. The lowest BCUT2D eigenvalue weighted by molar-refractivity contribution is -0.124. The van der Waals surface area contributed by atoms with E-state index in [4.69, 9.17) is 4.74 Å². The molecule has 3 unspecified atom stereocenters. The van der Waals surface area contributed by atoms with E-state index in [9.17, 15) is 14.4 Å². The van der Waals surface area contributed by atoms with Crippen molar-refractivity contribution in [3.8, 4) is 0 Å². The molecule has 1 spiro atoms. The van der Waals surface area contributed by atoms with E-state index < -0.39 is 11.5 Å². The maximum atomic E-state index is 13.7. The average Bonchev–Trinajstić information content (AvgIpc) is 3.38. The molecule has 9 nitrogen and oxygen atoms in total. The number of nitrogens with one attached hydrogen (secondary N) is 3. The average molecular weight is 542 g/mol. The fourth-order valence-corrected chi connectivity index (χ4v) is 6.78. The van der Waals surface area contributed by atoms with Crippen LogP contribution in [-0.4, -0.2) is 46.8 Å². The van der Waals surface area contributed by atoms with Crippen LogP contribution in [0.3, 0.4) is 0 Å². The van der Waals surface area contributed by atoms with Crippen LogP contribution in [0.5, 0.6) is 0 Å². The molecule has 3 aromatic rings. The van der Waals surface area contributed by atoms with Gasteiger partial charge in [0, 0.05) is 37.8 Å². The van der Waals surface area contributed by atoms with Gasteiger partial charge in [-0.1, -0.05) is 49.7 Å². The standard InChI is InChI=1S/C31H35N5O4/c1-3-21-22(27(21)19-7-5-4-6-8-19)18-25(34-29(38)26-11-14-32-36(26)2)28(37)33-20-9-10-23-24(17-20)35-30(39)31(23)12-15-40-16-13-31/h4-11,14,17,21-22,25,27H,3,12-13,15-16,18H2,1-2H3,(H,33,37)(H,34,38)(H,35,39)/t21-,22?,25?,27?/m0/s1. The minimum Gasteiger partial charge on any atom is -0.381 e. The number of anilines is 2. The largest absolute Gasteiger partial charge is 0.381 e. The zero-order valence-corrected chi connectivity index (χ0v) is 22.9. The summed E-state index contributed by atoms with van der Waals surface area (Å²) in [7, 11) is 1.70. The Bertz CT molecular complexity index is 1430. The van der Waals surface area contributed by atoms with Gasteiger partial charge in [-0.15, -0.1) is 0 Å². The summed E-state index contributed by atoms with van der Waals surface area (Å²) < 4.78 is 7.00. The fraction of sp³-hybridized carbons (Fsp3) is 0.419. The molecule has 2 fully saturated rings. The van der Waals surface area contributed by atoms with Crippen molar-refractivity contribution < 1.29 is 19.1 Å². The van der Waals surface area contributed by atoms with Crippen molar-refractivity contribution in [3.63, 3.8) is 0 Å². The van der Waals surface area contributed by atoms with Crippen molar-refractivity contribution in [1.82, 2.24) is 15.1 Å². The molecule has 3 aliphatic rings. The number of hydrogen-bond donors (Lipinski definition) is 3. The smallest absolute Gasteiger partial charge is 0.270 e. The monoisotopic (exact) mass is 541 g/mol. The number of nitrogens with zero attached hydrogens (tertiary/aromatic N) is 2. The second-order valence-corrected chi connectivity index (χ2v) is 11.2. The van der Waals surface area contributed by atoms with Crippen molar-refractivity contribution >= 4 is 29.1 Å². The number of rotatable bonds is 8. The number of fused-ring (bicyclic) bond motifs is 2. The van der Waals surface area contributed by atoms with Gasteiger partial charge in [0.15, 0.2) is 0 Å². The van der Waals surface area contributed by atoms with E-state index in [0.717, 1.165) is 17.7 Å². The number of carbonyl (C=O) groups is 3. The summed E-state index contributed by atoms with van der Waals surface area (Å²) in [4.78, 5) is 39.8. The second-order valence-electron chi connectivity index (χ2n) is 11.2. The van der Waals surface area contributed by atoms with Crippen LogP contribution < -0.4 is 16.0 Å². The van der Waals surface area contributed by atoms with E-state index in [0.29, 0.717) is 55.7 Å². The van der Waals surface area contributed by atoms with Crippen LogP contribution in [-0.2, 0) is 26.8 Å². The molecule has 1 saturated carbocycles. The molecule has 40 heavy (non-hydrogen) atoms. The molecule has 3 heterocycles. The molecule has 9 heteroatoms. The lowest BCUT2D eigenvalue weighted by Gasteiger charge is -2.31. The lowest BCUT2D eigenvalue weighted by Crippen LogP contribution is -2.44. The highest BCUT2D eigenvalue weighted by molar-refractivity contribution is 6.07. The Hall–Kier alpha value is -3.98. The van der Waals surface area contributed by atoms with Crippen LogP contribution in [0.2, 0.25) is 0 Å². The molecule has 6 rings (SSSR count). The van der Waals surface area contributed by atoms with Crippen LogP contribution in [0.15, 0.2) is 60.8 Å². The van der Waals surface area contributed by atoms with E-state index in [1.807, 2.05) is 36.4 Å². The maximum absolute atomic E-state index is 13.7. The molecule has 0 radical (unpaired) electrons. The molecule has 1 aromatic heterocycles. The predicted molar refractivity (Wildman–Crippen MR) is 151 cm³/mol. The van der Waals surface area contributed by atoms with Crippen LogP contribution >= 0.6 is 0 Å². The van der Waals surface area contributed by atoms with Gasteiger partial charge in [0.2, 0.25) is 11.8 Å². The van der Waals surface area contributed by atoms with Crippen molar-refractivity contribution in [1.29, 1.82) is 0 Å². The summed E-state index contributed by atoms with van der Waals surface area (Å²) in [5.74, 6) is 0.463. The van der Waals surface area contributed by atoms with Gasteiger partial charge in [0.25, 0.3) is 5.91 Å². The van der Waals surface area contributed by atoms with E-state index >= 15 is 0 Å². The van der Waals surface area contributed by atoms with E-state index in [2.05, 4.69) is 40.1 Å². The zero-order valence-electron chi connectivity index (χ0n) is 22.9. The third-order valence-electron chi connectivity index (χ3n) is 9.00. The third kappa shape index (κ3) is 4.68. The Morgan fingerprint density at radius 1 is 1.12 bits per heavy atom. The molecule has 0 bridgehead atoms. The van der Waals surface area contributed by atoms with Crippen molar-refractivity contribution in [2.75, 3.05) is 23.8 Å². The summed E-state index contributed by atoms with van der Waals surface area (Å²) >= 11 is 0. The first-order valence-corrected chi connectivity index (χ1v) is 14.1. The van der Waals surface area contributed by atoms with Crippen molar-refractivity contribution in [2.24, 2.45) is 18.9 Å². The number of aromatic nitrogens is 2. The van der Waals surface area contributed by atoms with Crippen LogP contribution in [0.1, 0.15) is 60.1 Å². The highest BCUT2D eigenvalue weighted by Crippen LogP contribution is 2.58. The minimum absolute atomic E-state index is 0.0121. The summed E-state index contributed by atoms with van der Waals surface area (Å²) in [6.07, 6.45) is 4.38. The van der Waals surface area contributed by atoms with Gasteiger partial charge in [0.1, 0.15) is 11.7 Å². The van der Waals surface area contributed by atoms with Crippen LogP contribution in [0.25, 0.3) is 0 Å². The van der Waals surface area contributed by atoms with Gasteiger partial charge >= 0.3 is 0 Å². The van der Waals surface area contributed by atoms with Gasteiger partial charge in [-0.2, -0.15) is 5.10 Å². The summed E-state index contributed by atoms with van der Waals surface area (Å²) in [5.41, 5.74) is 3.35. The molecule has 2 aliphatic heterocycles. The summed E-state index contributed by atoms with van der Waals surface area (Å²) in [6.45, 7) is 3.27. The van der Waals surface area contributed by atoms with Crippen molar-refractivity contribution in [2.45, 2.75) is 50.0 Å². The first kappa shape index (κ1) is 26.3. The highest BCUT2D eigenvalue weighted by atomic mass is 16.5. The molecule has 4 atom stereocenters. The van der Waals surface area contributed by atoms with Gasteiger partial charge in [-0.3, -0.25) is 19.1 Å². The van der Waals surface area contributed by atoms with Gasteiger partial charge in [-0.25, -0.2) is 0 Å². The molecule has 208 valence electrons. The maximum Gasteiger partial charge on any atom is 0.270 e. The Morgan fingerprint density at radius 3 is 2.60 bits per heavy atom. The Balaban J connectivity index is 1.22. The lowest BCUT2D eigenvalue weighted by atomic mass is 9.75. The first-order chi connectivity index (χ1) is 19.4. The molecular weight excluding hydrogens is 506 g/mol. The molecule has 3 amide bonds. The SMILES string of the molecule is CC[C@H]1C(CC(NC(=O)c2ccnn2C)C(=O)Nc2ccc3c(c2)NC(=O)C32CCOCC2)C1c1ccccc1. The number of carbonyl (C=O) groups excluding carboxylic acids is 3. The number of hydrogen-bond acceptors (Lipinski definition) is 5. The Labute approximate surface area is 233 Å². The second kappa shape index (κ2) is 10.5. The highest BCUT2D eigenvalue weighted by Gasteiger charge is 2.51. The number of amides is 3. The van der Waals surface area contributed by atoms with Gasteiger partial charge in [-0.05, 0) is 66.3 Å². The minimum atomic E-state index is -0.736. The zero-order chi connectivity index (χ0) is 27.9. The third-order valence-corrected chi connectivity index (χ3v) is 9.00. The fourth-order valence-electron chi connectivity index (χ4n) is 6.78. The Kier molecular flexibility index (Phi) is 6.92. The molecular formula is C31H35N5O4. The summed E-state index contributed by atoms with van der Waals surface area (Å²) in [6, 6.07) is 16.9. The molecule has 1 aliphatic carbocycles. The molecule has 2 aromatic carbocycles. The van der Waals surface area contributed by atoms with E-state index in [1.165, 1.54) is 10.2 Å². The summed E-state index contributed by atoms with van der Waals surface area (Å²) in [5, 5.41) is 13.1. The number of benzene rings is 2. The topological polar surface area (TPSA) is 114 Å². The van der Waals surface area contributed by atoms with E-state index in [-0.39, 0.29) is 23.6 Å². The normalized spacial score (nSPS) is 23.2. The van der Waals surface area contributed by atoms with Crippen LogP contribution in [0.4, 0.5) is 11.4 Å². The van der Waals surface area contributed by atoms with Crippen LogP contribution in [0, 0.1) is 11.8 Å². The predicted octanol–water partition coefficient (Wildman–Crippen LogP) is 3.99. The quantitative estimate of drug-likeness (QED) is 0.399. The number of ether oxygens (including phenoxy) is 1. The van der Waals surface area contributed by atoms with Crippen molar-refractivity contribution in [3.05, 3.63) is 77.6 Å². The van der Waals surface area contributed by atoms with Gasteiger partial charge < -0.3 is 20.7 Å². The number of aryl methyl sites for hydroxylation is 1. The molecule has 3 N–H and O–H groups in total. The van der Waals surface area contributed by atoms with Gasteiger partial charge in [0.05, 0.1) is 5.41 Å². The first-order valence-electron chi connectivity index (χ1n) is 14.1.